The molecule has 0 aromatic rings. The van der Waals surface area contributed by atoms with Gasteiger partial charge in [0, 0.05) is 12.6 Å². The first-order valence-electron chi connectivity index (χ1n) is 7.12. The summed E-state index contributed by atoms with van der Waals surface area (Å²) in [6.07, 6.45) is 7.98. The van der Waals surface area contributed by atoms with Gasteiger partial charge in [0.25, 0.3) is 0 Å². The minimum atomic E-state index is -0.0855. The van der Waals surface area contributed by atoms with Gasteiger partial charge < -0.3 is 5.11 Å². The maximum Gasteiger partial charge on any atom is 0.0693 e. The van der Waals surface area contributed by atoms with Crippen LogP contribution >= 0.6 is 0 Å². The second-order valence-corrected chi connectivity index (χ2v) is 5.91. The molecule has 0 spiro atoms. The van der Waals surface area contributed by atoms with Gasteiger partial charge in [-0.1, -0.05) is 20.3 Å². The SMILES string of the molecule is CCC1CCC(N2CCC(C)C(O)C2)CC1. The van der Waals surface area contributed by atoms with E-state index in [0.29, 0.717) is 5.92 Å². The van der Waals surface area contributed by atoms with Crippen molar-refractivity contribution in [3.63, 3.8) is 0 Å². The molecule has 2 rings (SSSR count). The molecule has 2 aliphatic rings. The molecule has 1 N–H and O–H groups in total. The second kappa shape index (κ2) is 5.50. The van der Waals surface area contributed by atoms with Crippen molar-refractivity contribution in [1.82, 2.24) is 4.90 Å². The van der Waals surface area contributed by atoms with E-state index in [1.165, 1.54) is 45.1 Å². The Morgan fingerprint density at radius 1 is 1.12 bits per heavy atom. The lowest BCUT2D eigenvalue weighted by atomic mass is 9.83. The molecule has 16 heavy (non-hydrogen) atoms. The van der Waals surface area contributed by atoms with Crippen LogP contribution in [-0.2, 0) is 0 Å². The first-order chi connectivity index (χ1) is 7.70. The molecular weight excluding hydrogens is 198 g/mol. The Morgan fingerprint density at radius 2 is 1.81 bits per heavy atom. The van der Waals surface area contributed by atoms with Crippen LogP contribution in [0.5, 0.6) is 0 Å². The van der Waals surface area contributed by atoms with Crippen LogP contribution in [0.15, 0.2) is 0 Å². The van der Waals surface area contributed by atoms with Crippen molar-refractivity contribution in [2.24, 2.45) is 11.8 Å². The fraction of sp³-hybridized carbons (Fsp3) is 1.00. The summed E-state index contributed by atoms with van der Waals surface area (Å²) in [5.41, 5.74) is 0. The number of β-amino-alcohol motifs (C(OH)–C–C–N with tert-alkyl or cyclic N) is 1. The average Bonchev–Trinajstić information content (AvgIpc) is 2.33. The van der Waals surface area contributed by atoms with Gasteiger partial charge in [0.05, 0.1) is 6.10 Å². The summed E-state index contributed by atoms with van der Waals surface area (Å²) in [5.74, 6) is 1.48. The molecule has 0 aromatic heterocycles. The predicted molar refractivity (Wildman–Crippen MR) is 67.4 cm³/mol. The summed E-state index contributed by atoms with van der Waals surface area (Å²) >= 11 is 0. The minimum absolute atomic E-state index is 0.0855. The lowest BCUT2D eigenvalue weighted by Gasteiger charge is -2.42. The largest absolute Gasteiger partial charge is 0.392 e. The molecule has 94 valence electrons. The van der Waals surface area contributed by atoms with Crippen molar-refractivity contribution in [3.8, 4) is 0 Å². The second-order valence-electron chi connectivity index (χ2n) is 5.91. The van der Waals surface area contributed by atoms with Crippen LogP contribution in [-0.4, -0.2) is 35.2 Å². The van der Waals surface area contributed by atoms with Gasteiger partial charge in [0.2, 0.25) is 0 Å². The minimum Gasteiger partial charge on any atom is -0.392 e. The van der Waals surface area contributed by atoms with E-state index in [2.05, 4.69) is 18.7 Å². The molecular formula is C14H27NO. The Labute approximate surface area is 100 Å². The van der Waals surface area contributed by atoms with E-state index in [1.54, 1.807) is 0 Å². The number of aliphatic hydroxyl groups is 1. The van der Waals surface area contributed by atoms with Crippen LogP contribution in [0.1, 0.15) is 52.4 Å². The smallest absolute Gasteiger partial charge is 0.0693 e. The van der Waals surface area contributed by atoms with Gasteiger partial charge in [0.1, 0.15) is 0 Å². The summed E-state index contributed by atoms with van der Waals surface area (Å²) in [7, 11) is 0. The Bertz CT molecular complexity index is 211. The molecule has 0 aromatic carbocycles. The molecule has 2 unspecified atom stereocenters. The number of aliphatic hydroxyl groups excluding tert-OH is 1. The molecule has 1 saturated carbocycles. The van der Waals surface area contributed by atoms with E-state index >= 15 is 0 Å². The van der Waals surface area contributed by atoms with Gasteiger partial charge in [0.15, 0.2) is 0 Å². The fourth-order valence-electron chi connectivity index (χ4n) is 3.32. The summed E-state index contributed by atoms with van der Waals surface area (Å²) in [5, 5.41) is 9.94. The van der Waals surface area contributed by atoms with E-state index in [4.69, 9.17) is 0 Å². The van der Waals surface area contributed by atoms with Crippen molar-refractivity contribution < 1.29 is 5.11 Å². The lowest BCUT2D eigenvalue weighted by molar-refractivity contribution is -0.000734. The Hall–Kier alpha value is -0.0800. The van der Waals surface area contributed by atoms with Crippen LogP contribution in [0.4, 0.5) is 0 Å². The van der Waals surface area contributed by atoms with E-state index in [1.807, 2.05) is 0 Å². The zero-order valence-corrected chi connectivity index (χ0v) is 10.9. The molecule has 2 fully saturated rings. The Kier molecular flexibility index (Phi) is 4.26. The Balaban J connectivity index is 1.81. The number of rotatable bonds is 2. The Morgan fingerprint density at radius 3 is 2.38 bits per heavy atom. The van der Waals surface area contributed by atoms with E-state index in [9.17, 15) is 5.11 Å². The van der Waals surface area contributed by atoms with Crippen molar-refractivity contribution in [2.45, 2.75) is 64.5 Å². The summed E-state index contributed by atoms with van der Waals surface area (Å²) in [4.78, 5) is 2.55. The number of hydrogen-bond donors (Lipinski definition) is 1. The van der Waals surface area contributed by atoms with Gasteiger partial charge in [-0.25, -0.2) is 0 Å². The zero-order chi connectivity index (χ0) is 11.5. The van der Waals surface area contributed by atoms with Crippen molar-refractivity contribution in [2.75, 3.05) is 13.1 Å². The molecule has 2 nitrogen and oxygen atoms in total. The number of likely N-dealkylation sites (tertiary alicyclic amines) is 1. The maximum absolute atomic E-state index is 9.94. The van der Waals surface area contributed by atoms with Gasteiger partial charge in [-0.05, 0) is 50.5 Å². The molecule has 0 radical (unpaired) electrons. The van der Waals surface area contributed by atoms with E-state index in [0.717, 1.165) is 18.5 Å². The van der Waals surface area contributed by atoms with Gasteiger partial charge >= 0.3 is 0 Å². The molecule has 1 aliphatic carbocycles. The summed E-state index contributed by atoms with van der Waals surface area (Å²) < 4.78 is 0. The highest BCUT2D eigenvalue weighted by Gasteiger charge is 2.30. The molecule has 1 saturated heterocycles. The monoisotopic (exact) mass is 225 g/mol. The van der Waals surface area contributed by atoms with Crippen LogP contribution in [0.25, 0.3) is 0 Å². The van der Waals surface area contributed by atoms with Crippen LogP contribution in [0, 0.1) is 11.8 Å². The number of hydrogen-bond acceptors (Lipinski definition) is 2. The summed E-state index contributed by atoms with van der Waals surface area (Å²) in [6.45, 7) is 6.62. The van der Waals surface area contributed by atoms with Gasteiger partial charge in [-0.15, -0.1) is 0 Å². The molecule has 2 atom stereocenters. The highest BCUT2D eigenvalue weighted by Crippen LogP contribution is 2.31. The summed E-state index contributed by atoms with van der Waals surface area (Å²) in [6, 6.07) is 0.768. The topological polar surface area (TPSA) is 23.5 Å². The normalized spacial score (nSPS) is 42.2. The maximum atomic E-state index is 9.94. The van der Waals surface area contributed by atoms with Crippen molar-refractivity contribution in [1.29, 1.82) is 0 Å². The quantitative estimate of drug-likeness (QED) is 0.781. The number of piperidine rings is 1. The van der Waals surface area contributed by atoms with E-state index < -0.39 is 0 Å². The van der Waals surface area contributed by atoms with Gasteiger partial charge in [-0.3, -0.25) is 4.90 Å². The third-order valence-corrected chi connectivity index (χ3v) is 4.86. The molecule has 1 aliphatic heterocycles. The first kappa shape index (κ1) is 12.4. The fourth-order valence-corrected chi connectivity index (χ4v) is 3.32. The third-order valence-electron chi connectivity index (χ3n) is 4.86. The van der Waals surface area contributed by atoms with Crippen molar-refractivity contribution in [3.05, 3.63) is 0 Å². The van der Waals surface area contributed by atoms with Crippen LogP contribution in [0.2, 0.25) is 0 Å². The molecule has 1 heterocycles. The number of nitrogens with zero attached hydrogens (tertiary/aromatic N) is 1. The average molecular weight is 225 g/mol. The highest BCUT2D eigenvalue weighted by atomic mass is 16.3. The van der Waals surface area contributed by atoms with Crippen LogP contribution < -0.4 is 0 Å². The van der Waals surface area contributed by atoms with E-state index in [-0.39, 0.29) is 6.10 Å². The highest BCUT2D eigenvalue weighted by molar-refractivity contribution is 4.85. The predicted octanol–water partition coefficient (Wildman–Crippen LogP) is 2.66. The first-order valence-corrected chi connectivity index (χ1v) is 7.12. The molecule has 2 heteroatoms. The van der Waals surface area contributed by atoms with Crippen molar-refractivity contribution >= 4 is 0 Å². The third kappa shape index (κ3) is 2.78. The molecule has 0 amide bonds. The zero-order valence-electron chi connectivity index (χ0n) is 10.9. The molecule has 0 bridgehead atoms. The van der Waals surface area contributed by atoms with Crippen LogP contribution in [0.3, 0.4) is 0 Å². The lowest BCUT2D eigenvalue weighted by Crippen LogP contribution is -2.48. The van der Waals surface area contributed by atoms with Gasteiger partial charge in [-0.2, -0.15) is 0 Å². The standard InChI is InChI=1S/C14H27NO/c1-3-12-4-6-13(7-5-12)15-9-8-11(2)14(16)10-15/h11-14,16H,3-10H2,1-2H3.